The molecule has 0 saturated carbocycles. The van der Waals surface area contributed by atoms with Crippen LogP contribution >= 0.6 is 11.3 Å². The Morgan fingerprint density at radius 1 is 1.18 bits per heavy atom. The van der Waals surface area contributed by atoms with Crippen LogP contribution in [0.3, 0.4) is 0 Å². The predicted octanol–water partition coefficient (Wildman–Crippen LogP) is 3.81. The van der Waals surface area contributed by atoms with E-state index < -0.39 is 0 Å². The molecule has 0 atom stereocenters. The van der Waals surface area contributed by atoms with Crippen LogP contribution in [0.1, 0.15) is 28.3 Å². The molecule has 0 unspecified atom stereocenters. The molecular formula is C21H19N5OS. The van der Waals surface area contributed by atoms with Gasteiger partial charge in [-0.25, -0.2) is 9.67 Å². The molecule has 0 N–H and O–H groups in total. The van der Waals surface area contributed by atoms with Gasteiger partial charge in [-0.1, -0.05) is 42.5 Å². The first-order valence-electron chi connectivity index (χ1n) is 9.37. The summed E-state index contributed by atoms with van der Waals surface area (Å²) in [6.45, 7) is 3.39. The van der Waals surface area contributed by atoms with Crippen molar-refractivity contribution in [2.75, 3.05) is 13.1 Å². The van der Waals surface area contributed by atoms with E-state index in [1.807, 2.05) is 64.3 Å². The van der Waals surface area contributed by atoms with Gasteiger partial charge in [0.05, 0.1) is 27.5 Å². The highest BCUT2D eigenvalue weighted by atomic mass is 32.1. The Kier molecular flexibility index (Phi) is 4.16. The van der Waals surface area contributed by atoms with Gasteiger partial charge in [0.1, 0.15) is 5.69 Å². The zero-order valence-corrected chi connectivity index (χ0v) is 16.3. The van der Waals surface area contributed by atoms with Crippen molar-refractivity contribution in [3.63, 3.8) is 0 Å². The average molecular weight is 389 g/mol. The summed E-state index contributed by atoms with van der Waals surface area (Å²) < 4.78 is 2.94. The van der Waals surface area contributed by atoms with Crippen LogP contribution in [-0.2, 0) is 6.42 Å². The molecule has 2 aromatic carbocycles. The summed E-state index contributed by atoms with van der Waals surface area (Å²) in [5, 5.41) is 9.62. The largest absolute Gasteiger partial charge is 0.334 e. The number of amides is 1. The maximum atomic E-state index is 12.8. The predicted molar refractivity (Wildman–Crippen MR) is 109 cm³/mol. The molecule has 2 aromatic heterocycles. The highest BCUT2D eigenvalue weighted by Crippen LogP contribution is 2.27. The smallest absolute Gasteiger partial charge is 0.254 e. The van der Waals surface area contributed by atoms with E-state index in [0.717, 1.165) is 38.5 Å². The third-order valence-corrected chi connectivity index (χ3v) is 6.25. The first kappa shape index (κ1) is 17.1. The molecule has 1 aliphatic heterocycles. The van der Waals surface area contributed by atoms with Gasteiger partial charge in [0.2, 0.25) is 0 Å². The van der Waals surface area contributed by atoms with E-state index in [4.69, 9.17) is 0 Å². The summed E-state index contributed by atoms with van der Waals surface area (Å²) in [6, 6.07) is 15.9. The molecule has 4 aromatic rings. The van der Waals surface area contributed by atoms with E-state index in [1.54, 1.807) is 11.3 Å². The Bertz CT molecular complexity index is 1140. The van der Waals surface area contributed by atoms with E-state index in [9.17, 15) is 4.79 Å². The summed E-state index contributed by atoms with van der Waals surface area (Å²) in [4.78, 5) is 19.2. The molecule has 1 amide bonds. The molecule has 6 nitrogen and oxygen atoms in total. The summed E-state index contributed by atoms with van der Waals surface area (Å²) >= 11 is 1.66. The molecule has 140 valence electrons. The molecule has 0 aliphatic carbocycles. The van der Waals surface area contributed by atoms with Crippen molar-refractivity contribution in [1.29, 1.82) is 0 Å². The zero-order valence-electron chi connectivity index (χ0n) is 15.4. The minimum absolute atomic E-state index is 0.0630. The number of thiazole rings is 1. The van der Waals surface area contributed by atoms with Gasteiger partial charge in [-0.2, -0.15) is 0 Å². The quantitative estimate of drug-likeness (QED) is 0.532. The van der Waals surface area contributed by atoms with Gasteiger partial charge in [-0.05, 0) is 24.6 Å². The fourth-order valence-electron chi connectivity index (χ4n) is 3.42. The van der Waals surface area contributed by atoms with Gasteiger partial charge in [0.15, 0.2) is 0 Å². The van der Waals surface area contributed by atoms with Crippen molar-refractivity contribution in [3.05, 3.63) is 65.3 Å². The topological polar surface area (TPSA) is 63.9 Å². The van der Waals surface area contributed by atoms with Crippen molar-refractivity contribution in [3.8, 4) is 11.3 Å². The standard InChI is InChI=1S/C21H19N5OS/c1-2-20-22-17-9-8-15(10-19(17)28-20)21(27)25-11-16(12-25)26-13-18(23-24-26)14-6-4-3-5-7-14/h3-10,13,16H,2,11-12H2,1H3. The first-order chi connectivity index (χ1) is 13.7. The van der Waals surface area contributed by atoms with E-state index >= 15 is 0 Å². The lowest BCUT2D eigenvalue weighted by atomic mass is 10.1. The molecule has 5 rings (SSSR count). The highest BCUT2D eigenvalue weighted by Gasteiger charge is 2.33. The van der Waals surface area contributed by atoms with Crippen molar-refractivity contribution in [1.82, 2.24) is 24.9 Å². The Morgan fingerprint density at radius 3 is 2.79 bits per heavy atom. The Hall–Kier alpha value is -3.06. The lowest BCUT2D eigenvalue weighted by Gasteiger charge is -2.38. The minimum Gasteiger partial charge on any atom is -0.334 e. The highest BCUT2D eigenvalue weighted by molar-refractivity contribution is 7.18. The third kappa shape index (κ3) is 2.97. The van der Waals surface area contributed by atoms with Crippen LogP contribution in [0.2, 0.25) is 0 Å². The number of carbonyl (C=O) groups excluding carboxylic acids is 1. The zero-order chi connectivity index (χ0) is 19.1. The van der Waals surface area contributed by atoms with Crippen LogP contribution in [-0.4, -0.2) is 43.9 Å². The van der Waals surface area contributed by atoms with Crippen molar-refractivity contribution >= 4 is 27.5 Å². The van der Waals surface area contributed by atoms with Gasteiger partial charge in [0, 0.05) is 24.2 Å². The molecule has 0 radical (unpaired) electrons. The number of nitrogens with zero attached hydrogens (tertiary/aromatic N) is 5. The second kappa shape index (κ2) is 6.83. The second-order valence-electron chi connectivity index (χ2n) is 6.96. The van der Waals surface area contributed by atoms with Crippen LogP contribution in [0, 0.1) is 0 Å². The van der Waals surface area contributed by atoms with E-state index in [-0.39, 0.29) is 11.9 Å². The number of hydrogen-bond donors (Lipinski definition) is 0. The van der Waals surface area contributed by atoms with Crippen molar-refractivity contribution in [2.45, 2.75) is 19.4 Å². The lowest BCUT2D eigenvalue weighted by Crippen LogP contribution is -2.50. The van der Waals surface area contributed by atoms with Gasteiger partial charge >= 0.3 is 0 Å². The fraction of sp³-hybridized carbons (Fsp3) is 0.238. The Labute approximate surface area is 166 Å². The molecule has 7 heteroatoms. The van der Waals surface area contributed by atoms with Crippen molar-refractivity contribution < 1.29 is 4.79 Å². The summed E-state index contributed by atoms with van der Waals surface area (Å²) in [7, 11) is 0. The van der Waals surface area contributed by atoms with Crippen LogP contribution in [0.25, 0.3) is 21.5 Å². The third-order valence-electron chi connectivity index (χ3n) is 5.09. The number of carbonyl (C=O) groups is 1. The van der Waals surface area contributed by atoms with Gasteiger partial charge in [-0.15, -0.1) is 16.4 Å². The van der Waals surface area contributed by atoms with E-state index in [2.05, 4.69) is 22.2 Å². The molecule has 28 heavy (non-hydrogen) atoms. The van der Waals surface area contributed by atoms with Crippen LogP contribution < -0.4 is 0 Å². The number of fused-ring (bicyclic) bond motifs is 1. The van der Waals surface area contributed by atoms with Gasteiger partial charge in [0.25, 0.3) is 5.91 Å². The molecule has 1 saturated heterocycles. The number of benzene rings is 2. The fourth-order valence-corrected chi connectivity index (χ4v) is 4.37. The molecule has 0 spiro atoms. The van der Waals surface area contributed by atoms with Crippen LogP contribution in [0.5, 0.6) is 0 Å². The van der Waals surface area contributed by atoms with Crippen molar-refractivity contribution in [2.24, 2.45) is 0 Å². The SMILES string of the molecule is CCc1nc2ccc(C(=O)N3CC(n4cc(-c5ccccc5)nn4)C3)cc2s1. The Balaban J connectivity index is 1.28. The number of aromatic nitrogens is 4. The van der Waals surface area contributed by atoms with Crippen LogP contribution in [0.15, 0.2) is 54.7 Å². The van der Waals surface area contributed by atoms with E-state index in [0.29, 0.717) is 13.1 Å². The monoisotopic (exact) mass is 389 g/mol. The molecular weight excluding hydrogens is 370 g/mol. The summed E-state index contributed by atoms with van der Waals surface area (Å²) in [6.07, 6.45) is 2.87. The number of hydrogen-bond acceptors (Lipinski definition) is 5. The van der Waals surface area contributed by atoms with E-state index in [1.165, 1.54) is 0 Å². The second-order valence-corrected chi connectivity index (χ2v) is 8.07. The minimum atomic E-state index is 0.0630. The summed E-state index contributed by atoms with van der Waals surface area (Å²) in [5.41, 5.74) is 3.59. The molecule has 0 bridgehead atoms. The number of rotatable bonds is 4. The Morgan fingerprint density at radius 2 is 2.00 bits per heavy atom. The average Bonchev–Trinajstić information content (AvgIpc) is 3.33. The maximum Gasteiger partial charge on any atom is 0.254 e. The van der Waals surface area contributed by atoms with Gasteiger partial charge < -0.3 is 4.90 Å². The number of likely N-dealkylation sites (tertiary alicyclic amines) is 1. The van der Waals surface area contributed by atoms with Crippen LogP contribution in [0.4, 0.5) is 0 Å². The molecule has 1 aliphatic rings. The molecule has 1 fully saturated rings. The van der Waals surface area contributed by atoms with Gasteiger partial charge in [-0.3, -0.25) is 4.79 Å². The molecule has 3 heterocycles. The lowest BCUT2D eigenvalue weighted by molar-refractivity contribution is 0.0498. The normalized spacial score (nSPS) is 14.4. The first-order valence-corrected chi connectivity index (χ1v) is 10.2. The summed E-state index contributed by atoms with van der Waals surface area (Å²) in [5.74, 6) is 0.0630. The maximum absolute atomic E-state index is 12.8. The number of aryl methyl sites for hydroxylation is 1.